The molecule has 2 aromatic rings. The Hall–Kier alpha value is -3.01. The average molecular weight is 521 g/mol. The summed E-state index contributed by atoms with van der Waals surface area (Å²) in [5.74, 6) is -6.38. The highest BCUT2D eigenvalue weighted by Gasteiger charge is 2.48. The van der Waals surface area contributed by atoms with Gasteiger partial charge in [-0.2, -0.15) is 8.78 Å². The molecule has 2 aliphatic heterocycles. The first kappa shape index (κ1) is 27.0. The first-order chi connectivity index (χ1) is 17.2. The molecule has 2 aliphatic rings. The smallest absolute Gasteiger partial charge is 0.347 e. The van der Waals surface area contributed by atoms with Crippen LogP contribution in [-0.2, 0) is 32.2 Å². The van der Waals surface area contributed by atoms with Crippen LogP contribution in [0.3, 0.4) is 0 Å². The zero-order valence-electron chi connectivity index (χ0n) is 21.2. The fourth-order valence-electron chi connectivity index (χ4n) is 5.13. The van der Waals surface area contributed by atoms with Gasteiger partial charge in [-0.3, -0.25) is 24.5 Å². The van der Waals surface area contributed by atoms with E-state index in [1.165, 1.54) is 40.7 Å². The van der Waals surface area contributed by atoms with Crippen molar-refractivity contribution in [1.29, 1.82) is 0 Å². The topological polar surface area (TPSA) is 86.8 Å². The minimum absolute atomic E-state index is 0.140. The lowest BCUT2D eigenvalue weighted by Crippen LogP contribution is -2.55. The van der Waals surface area contributed by atoms with Gasteiger partial charge in [-0.25, -0.2) is 0 Å². The van der Waals surface area contributed by atoms with Crippen molar-refractivity contribution in [2.45, 2.75) is 36.7 Å². The van der Waals surface area contributed by atoms with Gasteiger partial charge in [0.2, 0.25) is 19.8 Å². The van der Waals surface area contributed by atoms with Crippen LogP contribution in [0.15, 0.2) is 30.3 Å². The number of nitrogens with one attached hydrogen (secondary N) is 1. The highest BCUT2D eigenvalue weighted by Crippen LogP contribution is 2.34. The van der Waals surface area contributed by atoms with Crippen molar-refractivity contribution < 1.29 is 28.0 Å². The molecule has 2 aromatic carbocycles. The van der Waals surface area contributed by atoms with Crippen LogP contribution in [0.1, 0.15) is 39.9 Å². The molecule has 1 fully saturated rings. The Morgan fingerprint density at radius 1 is 1.11 bits per heavy atom. The summed E-state index contributed by atoms with van der Waals surface area (Å²) in [5.41, 5.74) is 1.65. The van der Waals surface area contributed by atoms with E-state index in [9.17, 15) is 19.2 Å². The first-order valence-corrected chi connectivity index (χ1v) is 12.3. The third-order valence-corrected chi connectivity index (χ3v) is 7.67. The van der Waals surface area contributed by atoms with Crippen LogP contribution in [-0.4, -0.2) is 78.7 Å². The number of hydrogen-bond donors (Lipinski definition) is 1. The van der Waals surface area contributed by atoms with Gasteiger partial charge in [0.05, 0.1) is 0 Å². The fourth-order valence-corrected chi connectivity index (χ4v) is 5.45. The van der Waals surface area contributed by atoms with Crippen LogP contribution in [0, 0.1) is 0 Å². The molecule has 0 aromatic heterocycles. The summed E-state index contributed by atoms with van der Waals surface area (Å²) in [5, 5.41) is 1.42. The number of carbonyl (C=O) groups is 4. The Morgan fingerprint density at radius 3 is 2.32 bits per heavy atom. The summed E-state index contributed by atoms with van der Waals surface area (Å²) < 4.78 is 31.1. The van der Waals surface area contributed by atoms with Gasteiger partial charge in [0.1, 0.15) is 37.4 Å². The van der Waals surface area contributed by atoms with Crippen LogP contribution >= 0.6 is 11.6 Å². The van der Waals surface area contributed by atoms with Gasteiger partial charge in [-0.1, -0.05) is 34.7 Å². The molecule has 0 radical (unpaired) electrons. The second-order valence-electron chi connectivity index (χ2n) is 10.2. The van der Waals surface area contributed by atoms with E-state index in [-0.39, 0.29) is 47.7 Å². The zero-order valence-corrected chi connectivity index (χ0v) is 22.0. The Morgan fingerprint density at radius 2 is 1.73 bits per heavy atom. The number of piperidine rings is 1. The fraction of sp³-hybridized carbons (Fsp3) is 0.273. The number of rotatable bonds is 5. The van der Waals surface area contributed by atoms with Crippen molar-refractivity contribution in [3.63, 3.8) is 0 Å². The van der Waals surface area contributed by atoms with E-state index in [1.807, 2.05) is 0 Å². The molecule has 186 valence electrons. The Labute approximate surface area is 222 Å². The number of hydrogen-bond acceptors (Lipinski definition) is 4. The molecule has 0 bridgehead atoms. The molecule has 0 aliphatic carbocycles. The van der Waals surface area contributed by atoms with Gasteiger partial charge in [0.25, 0.3) is 11.8 Å². The molecule has 15 heteroatoms. The van der Waals surface area contributed by atoms with E-state index in [1.54, 1.807) is 33.9 Å². The van der Waals surface area contributed by atoms with Crippen LogP contribution < -0.4 is 16.2 Å². The van der Waals surface area contributed by atoms with Gasteiger partial charge >= 0.3 is 5.92 Å². The first-order valence-electron chi connectivity index (χ1n) is 11.9. The van der Waals surface area contributed by atoms with Gasteiger partial charge in [0.15, 0.2) is 0 Å². The maximum absolute atomic E-state index is 15.5. The Bertz CT molecular complexity index is 1340. The van der Waals surface area contributed by atoms with Crippen molar-refractivity contribution in [2.24, 2.45) is 0 Å². The average Bonchev–Trinajstić information content (AvgIpc) is 3.12. The SMILES string of the molecule is Bc1cc(Cl)cc(B)c1C(F)(F)C(=O)N(B)C(B)(B)c1ccc2c(c1)CN(C1CCC(=O)NC1=O)C2=O. The number of amides is 4. The van der Waals surface area contributed by atoms with E-state index in [0.717, 1.165) is 4.81 Å². The third kappa shape index (κ3) is 4.60. The zero-order chi connectivity index (χ0) is 27.4. The lowest BCUT2D eigenvalue weighted by atomic mass is 9.55. The van der Waals surface area contributed by atoms with Crippen molar-refractivity contribution in [3.05, 3.63) is 57.6 Å². The normalized spacial score (nSPS) is 18.0. The number of carbonyl (C=O) groups excluding carboxylic acids is 4. The summed E-state index contributed by atoms with van der Waals surface area (Å²) >= 11 is 5.99. The number of fused-ring (bicyclic) bond motifs is 1. The monoisotopic (exact) mass is 521 g/mol. The highest BCUT2D eigenvalue weighted by atomic mass is 35.5. The highest BCUT2D eigenvalue weighted by molar-refractivity contribution is 6.45. The lowest BCUT2D eigenvalue weighted by molar-refractivity contribution is -0.155. The molecular weight excluding hydrogens is 498 g/mol. The van der Waals surface area contributed by atoms with Gasteiger partial charge in [0, 0.05) is 29.1 Å². The Balaban J connectivity index is 1.61. The minimum atomic E-state index is -3.79. The van der Waals surface area contributed by atoms with Crippen LogP contribution in [0.2, 0.25) is 5.02 Å². The number of benzene rings is 2. The van der Waals surface area contributed by atoms with E-state index in [4.69, 9.17) is 11.6 Å². The third-order valence-electron chi connectivity index (χ3n) is 7.45. The summed E-state index contributed by atoms with van der Waals surface area (Å²) in [6, 6.07) is 6.97. The maximum Gasteiger partial charge on any atom is 0.347 e. The van der Waals surface area contributed by atoms with Gasteiger partial charge in [-0.05, 0) is 41.1 Å². The number of imide groups is 1. The van der Waals surface area contributed by atoms with E-state index >= 15 is 8.78 Å². The predicted molar refractivity (Wildman–Crippen MR) is 148 cm³/mol. The second-order valence-corrected chi connectivity index (χ2v) is 10.6. The van der Waals surface area contributed by atoms with E-state index in [0.29, 0.717) is 21.7 Å². The molecule has 0 saturated carbocycles. The second kappa shape index (κ2) is 9.38. The van der Waals surface area contributed by atoms with Crippen molar-refractivity contribution in [3.8, 4) is 0 Å². The molecule has 0 spiro atoms. The molecule has 4 rings (SSSR count). The van der Waals surface area contributed by atoms with Gasteiger partial charge in [-0.15, -0.1) is 0 Å². The lowest BCUT2D eigenvalue weighted by Gasteiger charge is -2.40. The van der Waals surface area contributed by atoms with Crippen LogP contribution in [0.4, 0.5) is 8.78 Å². The van der Waals surface area contributed by atoms with E-state index in [2.05, 4.69) is 5.32 Å². The predicted octanol–water partition coefficient (Wildman–Crippen LogP) is -3.84. The number of nitrogens with zero attached hydrogens (tertiary/aromatic N) is 2. The quantitative estimate of drug-likeness (QED) is 0.323. The summed E-state index contributed by atoms with van der Waals surface area (Å²) in [4.78, 5) is 52.4. The van der Waals surface area contributed by atoms with Crippen molar-refractivity contribution in [1.82, 2.24) is 15.0 Å². The number of halogens is 3. The summed E-state index contributed by atoms with van der Waals surface area (Å²) in [7, 11) is 7.61. The largest absolute Gasteiger partial charge is 0.393 e. The van der Waals surface area contributed by atoms with E-state index < -0.39 is 29.1 Å². The van der Waals surface area contributed by atoms with Crippen LogP contribution in [0.5, 0.6) is 0 Å². The van der Waals surface area contributed by atoms with Crippen LogP contribution in [0.25, 0.3) is 0 Å². The minimum Gasteiger partial charge on any atom is -0.393 e. The van der Waals surface area contributed by atoms with Gasteiger partial charge < -0.3 is 9.71 Å². The summed E-state index contributed by atoms with van der Waals surface area (Å²) in [6.45, 7) is 0.140. The molecule has 2 heterocycles. The molecule has 4 amide bonds. The molecule has 1 saturated heterocycles. The molecule has 1 atom stereocenters. The summed E-state index contributed by atoms with van der Waals surface area (Å²) in [6.07, 6.45) is 0.376. The molecule has 37 heavy (non-hydrogen) atoms. The standard InChI is InChI=1S/C22H23B5ClF2N3O4/c23-13-6-11(28)7-14(24)17(13)21(29,30)20(37)33(27)22(25,26)10-1-2-12-9(5-10)8-32(19(12)36)15-3-4-16(34)31-18(15)35/h1-2,5-7,15H,3-4,8,23-27H2,(H,31,34,35). The molecule has 1 unspecified atom stereocenters. The van der Waals surface area contributed by atoms with Crippen molar-refractivity contribution in [2.75, 3.05) is 0 Å². The maximum atomic E-state index is 15.5. The molecule has 1 N–H and O–H groups in total. The molecule has 7 nitrogen and oxygen atoms in total. The molecular formula is C22H23B5ClF2N3O4. The Kier molecular flexibility index (Phi) is 6.86. The number of alkyl halides is 2. The van der Waals surface area contributed by atoms with Crippen molar-refractivity contribution >= 4 is 85.5 Å².